The maximum Gasteiger partial charge on any atom is 0.317 e. The van der Waals surface area contributed by atoms with E-state index in [1.165, 1.54) is 6.92 Å². The first-order valence-corrected chi connectivity index (χ1v) is 7.83. The fourth-order valence-electron chi connectivity index (χ4n) is 2.43. The van der Waals surface area contributed by atoms with Gasteiger partial charge in [0.2, 0.25) is 5.91 Å². The van der Waals surface area contributed by atoms with Gasteiger partial charge < -0.3 is 15.2 Å². The van der Waals surface area contributed by atoms with Gasteiger partial charge in [0.25, 0.3) is 0 Å². The van der Waals surface area contributed by atoms with E-state index >= 15 is 0 Å². The Morgan fingerprint density at radius 3 is 2.08 bits per heavy atom. The molecule has 0 aliphatic rings. The van der Waals surface area contributed by atoms with Crippen LogP contribution in [0.2, 0.25) is 0 Å². The molecule has 0 saturated heterocycles. The number of benzene rings is 1. The maximum atomic E-state index is 12.5. The molecule has 1 atom stereocenters. The number of aliphatic carboxylic acids is 1. The molecular formula is C18H25NO5. The van der Waals surface area contributed by atoms with Gasteiger partial charge in [-0.2, -0.15) is 0 Å². The van der Waals surface area contributed by atoms with Gasteiger partial charge in [0.15, 0.2) is 0 Å². The summed E-state index contributed by atoms with van der Waals surface area (Å²) in [6.45, 7) is 8.15. The summed E-state index contributed by atoms with van der Waals surface area (Å²) in [4.78, 5) is 34.9. The van der Waals surface area contributed by atoms with Gasteiger partial charge in [-0.25, -0.2) is 0 Å². The van der Waals surface area contributed by atoms with Crippen LogP contribution in [0.5, 0.6) is 5.75 Å². The molecule has 24 heavy (non-hydrogen) atoms. The Morgan fingerprint density at radius 2 is 1.67 bits per heavy atom. The van der Waals surface area contributed by atoms with Crippen molar-refractivity contribution in [2.24, 2.45) is 10.8 Å². The number of anilines is 1. The van der Waals surface area contributed by atoms with Crippen LogP contribution in [0.1, 0.15) is 47.5 Å². The minimum absolute atomic E-state index is 0.175. The molecule has 0 fully saturated rings. The molecule has 1 aromatic carbocycles. The van der Waals surface area contributed by atoms with Gasteiger partial charge in [-0.3, -0.25) is 14.4 Å². The number of amides is 1. The predicted molar refractivity (Wildman–Crippen MR) is 90.8 cm³/mol. The molecule has 6 nitrogen and oxygen atoms in total. The van der Waals surface area contributed by atoms with Crippen LogP contribution in [-0.2, 0) is 14.4 Å². The number of nitrogens with one attached hydrogen (secondary N) is 1. The standard InChI is InChI=1S/C18H25NO5/c1-6-18(5,11-17(3,4)15(21)22)16(23)24-14-9-7-13(8-10-14)19-12(2)20/h7-10H,6,11H2,1-5H3,(H,19,20)(H,21,22). The lowest BCUT2D eigenvalue weighted by Gasteiger charge is -2.32. The van der Waals surface area contributed by atoms with Gasteiger partial charge in [0.1, 0.15) is 5.75 Å². The van der Waals surface area contributed by atoms with Crippen molar-refractivity contribution >= 4 is 23.5 Å². The van der Waals surface area contributed by atoms with Gasteiger partial charge >= 0.3 is 11.9 Å². The number of carboxylic acid groups (broad SMARTS) is 1. The van der Waals surface area contributed by atoms with Crippen LogP contribution in [0, 0.1) is 10.8 Å². The van der Waals surface area contributed by atoms with Crippen LogP contribution in [0.3, 0.4) is 0 Å². The fourth-order valence-corrected chi connectivity index (χ4v) is 2.43. The highest BCUT2D eigenvalue weighted by atomic mass is 16.5. The monoisotopic (exact) mass is 335 g/mol. The highest BCUT2D eigenvalue weighted by molar-refractivity contribution is 5.88. The van der Waals surface area contributed by atoms with Crippen molar-refractivity contribution in [3.63, 3.8) is 0 Å². The van der Waals surface area contributed by atoms with E-state index < -0.39 is 22.8 Å². The normalized spacial score (nSPS) is 13.7. The molecule has 1 amide bonds. The number of hydrogen-bond acceptors (Lipinski definition) is 4. The third-order valence-corrected chi connectivity index (χ3v) is 4.07. The maximum absolute atomic E-state index is 12.5. The molecule has 132 valence electrons. The third-order valence-electron chi connectivity index (χ3n) is 4.07. The van der Waals surface area contributed by atoms with Crippen molar-refractivity contribution in [3.05, 3.63) is 24.3 Å². The lowest BCUT2D eigenvalue weighted by atomic mass is 9.72. The summed E-state index contributed by atoms with van der Waals surface area (Å²) < 4.78 is 5.41. The van der Waals surface area contributed by atoms with Crippen molar-refractivity contribution in [3.8, 4) is 5.75 Å². The lowest BCUT2D eigenvalue weighted by Crippen LogP contribution is -2.39. The van der Waals surface area contributed by atoms with E-state index in [-0.39, 0.29) is 12.3 Å². The van der Waals surface area contributed by atoms with Gasteiger partial charge in [0, 0.05) is 12.6 Å². The van der Waals surface area contributed by atoms with Crippen molar-refractivity contribution < 1.29 is 24.2 Å². The molecule has 6 heteroatoms. The number of carbonyl (C=O) groups is 3. The van der Waals surface area contributed by atoms with E-state index in [2.05, 4.69) is 5.32 Å². The molecule has 0 heterocycles. The van der Waals surface area contributed by atoms with Crippen LogP contribution in [0.15, 0.2) is 24.3 Å². The molecular weight excluding hydrogens is 310 g/mol. The molecule has 0 aliphatic carbocycles. The van der Waals surface area contributed by atoms with E-state index in [9.17, 15) is 19.5 Å². The summed E-state index contributed by atoms with van der Waals surface area (Å²) in [5.74, 6) is -1.25. The number of ether oxygens (including phenoxy) is 1. The molecule has 1 aromatic rings. The Balaban J connectivity index is 2.87. The van der Waals surface area contributed by atoms with Crippen LogP contribution in [-0.4, -0.2) is 23.0 Å². The number of carbonyl (C=O) groups excluding carboxylic acids is 2. The van der Waals surface area contributed by atoms with Crippen LogP contribution in [0.25, 0.3) is 0 Å². The van der Waals surface area contributed by atoms with Crippen molar-refractivity contribution in [2.45, 2.75) is 47.5 Å². The summed E-state index contributed by atoms with van der Waals surface area (Å²) in [5.41, 5.74) is -1.33. The molecule has 0 aromatic heterocycles. The average molecular weight is 335 g/mol. The number of carboxylic acids is 1. The predicted octanol–water partition coefficient (Wildman–Crippen LogP) is 3.47. The summed E-state index contributed by atoms with van der Waals surface area (Å²) in [5, 5.41) is 11.9. The van der Waals surface area contributed by atoms with E-state index in [1.54, 1.807) is 45.0 Å². The SMILES string of the molecule is CCC(C)(CC(C)(C)C(=O)O)C(=O)Oc1ccc(NC(C)=O)cc1. The first kappa shape index (κ1) is 19.7. The molecule has 0 saturated carbocycles. The smallest absolute Gasteiger partial charge is 0.317 e. The molecule has 0 bridgehead atoms. The Hall–Kier alpha value is -2.37. The van der Waals surface area contributed by atoms with Gasteiger partial charge in [-0.05, 0) is 57.9 Å². The zero-order chi connectivity index (χ0) is 18.5. The van der Waals surface area contributed by atoms with E-state index in [1.807, 2.05) is 6.92 Å². The summed E-state index contributed by atoms with van der Waals surface area (Å²) in [7, 11) is 0. The summed E-state index contributed by atoms with van der Waals surface area (Å²) >= 11 is 0. The van der Waals surface area contributed by atoms with Crippen molar-refractivity contribution in [1.82, 2.24) is 0 Å². The fraction of sp³-hybridized carbons (Fsp3) is 0.500. The minimum atomic E-state index is -1.03. The Labute approximate surface area is 142 Å². The zero-order valence-corrected chi connectivity index (χ0v) is 14.8. The minimum Gasteiger partial charge on any atom is -0.481 e. The molecule has 1 unspecified atom stereocenters. The summed E-state index contributed by atoms with van der Waals surface area (Å²) in [6.07, 6.45) is 0.640. The van der Waals surface area contributed by atoms with Crippen molar-refractivity contribution in [2.75, 3.05) is 5.32 Å². The highest BCUT2D eigenvalue weighted by Gasteiger charge is 2.42. The second-order valence-electron chi connectivity index (χ2n) is 6.88. The molecule has 2 N–H and O–H groups in total. The van der Waals surface area contributed by atoms with E-state index in [0.29, 0.717) is 17.9 Å². The Kier molecular flexibility index (Phi) is 6.12. The lowest BCUT2D eigenvalue weighted by molar-refractivity contribution is -0.154. The second kappa shape index (κ2) is 7.47. The van der Waals surface area contributed by atoms with Crippen LogP contribution in [0.4, 0.5) is 5.69 Å². The van der Waals surface area contributed by atoms with Crippen LogP contribution < -0.4 is 10.1 Å². The van der Waals surface area contributed by atoms with Crippen LogP contribution >= 0.6 is 0 Å². The summed E-state index contributed by atoms with van der Waals surface area (Å²) in [6, 6.07) is 6.44. The largest absolute Gasteiger partial charge is 0.481 e. The Morgan fingerprint density at radius 1 is 1.12 bits per heavy atom. The quantitative estimate of drug-likeness (QED) is 0.588. The molecule has 1 rings (SSSR count). The van der Waals surface area contributed by atoms with E-state index in [4.69, 9.17) is 4.74 Å². The number of hydrogen-bond donors (Lipinski definition) is 2. The molecule has 0 aliphatic heterocycles. The number of esters is 1. The molecule has 0 radical (unpaired) electrons. The van der Waals surface area contributed by atoms with E-state index in [0.717, 1.165) is 0 Å². The second-order valence-corrected chi connectivity index (χ2v) is 6.88. The average Bonchev–Trinajstić information content (AvgIpc) is 2.48. The first-order chi connectivity index (χ1) is 11.0. The first-order valence-electron chi connectivity index (χ1n) is 7.83. The third kappa shape index (κ3) is 5.08. The van der Waals surface area contributed by atoms with Gasteiger partial charge in [-0.1, -0.05) is 6.92 Å². The Bertz CT molecular complexity index is 621. The highest BCUT2D eigenvalue weighted by Crippen LogP contribution is 2.38. The van der Waals surface area contributed by atoms with Gasteiger partial charge in [0.05, 0.1) is 10.8 Å². The topological polar surface area (TPSA) is 92.7 Å². The van der Waals surface area contributed by atoms with Crippen molar-refractivity contribution in [1.29, 1.82) is 0 Å². The number of rotatable bonds is 7. The molecule has 0 spiro atoms. The van der Waals surface area contributed by atoms with Gasteiger partial charge in [-0.15, -0.1) is 0 Å². The zero-order valence-electron chi connectivity index (χ0n) is 14.8.